The topological polar surface area (TPSA) is 49.0 Å². The number of benzene rings is 1. The van der Waals surface area contributed by atoms with Crippen molar-refractivity contribution in [2.45, 2.75) is 19.0 Å². The average Bonchev–Trinajstić information content (AvgIpc) is 2.84. The Balaban J connectivity index is 2.05. The Hall–Kier alpha value is -1.89. The third-order valence-corrected chi connectivity index (χ3v) is 3.89. The molecule has 4 nitrogen and oxygen atoms in total. The molecule has 0 aliphatic rings. The van der Waals surface area contributed by atoms with E-state index < -0.39 is 11.6 Å². The smallest absolute Gasteiger partial charge is 0.233 e. The third-order valence-electron chi connectivity index (χ3n) is 3.03. The number of halogens is 2. The molecule has 1 aromatic heterocycles. The van der Waals surface area contributed by atoms with E-state index in [1.54, 1.807) is 4.90 Å². The normalized spacial score (nSPS) is 10.9. The van der Waals surface area contributed by atoms with Gasteiger partial charge in [0.05, 0.1) is 16.8 Å². The van der Waals surface area contributed by atoms with Gasteiger partial charge >= 0.3 is 0 Å². The van der Waals surface area contributed by atoms with Gasteiger partial charge in [-0.25, -0.2) is 13.8 Å². The van der Waals surface area contributed by atoms with E-state index in [4.69, 9.17) is 0 Å². The van der Waals surface area contributed by atoms with Crippen molar-refractivity contribution in [1.29, 1.82) is 0 Å². The molecule has 2 rings (SSSR count). The first-order chi connectivity index (χ1) is 10.4. The van der Waals surface area contributed by atoms with Gasteiger partial charge in [0.15, 0.2) is 16.8 Å². The van der Waals surface area contributed by atoms with E-state index in [0.717, 1.165) is 17.7 Å². The number of hydrogen-bond donors (Lipinski definition) is 1. The third kappa shape index (κ3) is 3.85. The average molecular weight is 325 g/mol. The number of H-pyrrole nitrogens is 1. The van der Waals surface area contributed by atoms with E-state index in [0.29, 0.717) is 29.3 Å². The summed E-state index contributed by atoms with van der Waals surface area (Å²) < 4.78 is 26.3. The monoisotopic (exact) mass is 325 g/mol. The number of carbonyl (C=O) groups is 1. The van der Waals surface area contributed by atoms with Crippen LogP contribution in [0.15, 0.2) is 29.4 Å². The summed E-state index contributed by atoms with van der Waals surface area (Å²) in [5, 5.41) is 0.458. The summed E-state index contributed by atoms with van der Waals surface area (Å²) in [4.78, 5) is 20.8. The van der Waals surface area contributed by atoms with Gasteiger partial charge in [-0.05, 0) is 13.8 Å². The van der Waals surface area contributed by atoms with Gasteiger partial charge in [-0.1, -0.05) is 23.9 Å². The molecule has 1 aromatic carbocycles. The molecule has 0 unspecified atom stereocenters. The molecule has 0 aliphatic carbocycles. The Bertz CT molecular complexity index is 675. The summed E-state index contributed by atoms with van der Waals surface area (Å²) >= 11 is 1.20. The highest BCUT2D eigenvalue weighted by molar-refractivity contribution is 7.99. The molecule has 1 amide bonds. The number of nitrogens with one attached hydrogen (secondary N) is 1. The van der Waals surface area contributed by atoms with Gasteiger partial charge in [-0.2, -0.15) is 0 Å². The number of rotatable bonds is 6. The summed E-state index contributed by atoms with van der Waals surface area (Å²) in [7, 11) is 0. The lowest BCUT2D eigenvalue weighted by molar-refractivity contribution is -0.127. The first kappa shape index (κ1) is 16.5. The van der Waals surface area contributed by atoms with Crippen molar-refractivity contribution in [3.63, 3.8) is 0 Å². The molecular weight excluding hydrogens is 308 g/mol. The summed E-state index contributed by atoms with van der Waals surface area (Å²) in [5.41, 5.74) is 1.65. The zero-order chi connectivity index (χ0) is 16.3. The van der Waals surface area contributed by atoms with Gasteiger partial charge in [0.25, 0.3) is 0 Å². The summed E-state index contributed by atoms with van der Waals surface area (Å²) in [6.45, 7) is 8.69. The first-order valence-electron chi connectivity index (χ1n) is 6.80. The van der Waals surface area contributed by atoms with Gasteiger partial charge in [0, 0.05) is 25.2 Å². The van der Waals surface area contributed by atoms with E-state index in [1.807, 2.05) is 13.8 Å². The molecule has 0 fully saturated rings. The van der Waals surface area contributed by atoms with Gasteiger partial charge in [-0.15, -0.1) is 0 Å². The van der Waals surface area contributed by atoms with Crippen LogP contribution in [0, 0.1) is 11.6 Å². The van der Waals surface area contributed by atoms with Crippen LogP contribution in [0.3, 0.4) is 0 Å². The van der Waals surface area contributed by atoms with E-state index in [2.05, 4.69) is 16.5 Å². The molecule has 0 radical (unpaired) electrons. The van der Waals surface area contributed by atoms with Crippen LogP contribution in [0.25, 0.3) is 11.0 Å². The van der Waals surface area contributed by atoms with Crippen molar-refractivity contribution in [1.82, 2.24) is 14.9 Å². The maximum atomic E-state index is 13.1. The SMILES string of the molecule is C=C(C)CN(CC)C(=O)CSc1nc2cc(F)c(F)cc2[nH]1. The Kier molecular flexibility index (Phi) is 5.18. The van der Waals surface area contributed by atoms with Crippen molar-refractivity contribution in [2.75, 3.05) is 18.8 Å². The molecule has 7 heteroatoms. The number of likely N-dealkylation sites (N-methyl/N-ethyl adjacent to an activating group) is 1. The van der Waals surface area contributed by atoms with Gasteiger partial charge < -0.3 is 9.88 Å². The van der Waals surface area contributed by atoms with Crippen molar-refractivity contribution in [2.24, 2.45) is 0 Å². The molecule has 2 aromatic rings. The van der Waals surface area contributed by atoms with Crippen LogP contribution in [0.2, 0.25) is 0 Å². The van der Waals surface area contributed by atoms with E-state index in [1.165, 1.54) is 11.8 Å². The molecule has 1 N–H and O–H groups in total. The number of hydrogen-bond acceptors (Lipinski definition) is 3. The fraction of sp³-hybridized carbons (Fsp3) is 0.333. The number of aromatic nitrogens is 2. The molecule has 0 spiro atoms. The van der Waals surface area contributed by atoms with Crippen LogP contribution in [0.5, 0.6) is 0 Å². The van der Waals surface area contributed by atoms with Crippen molar-refractivity contribution in [3.05, 3.63) is 35.9 Å². The summed E-state index contributed by atoms with van der Waals surface area (Å²) in [6.07, 6.45) is 0. The van der Waals surface area contributed by atoms with Crippen LogP contribution >= 0.6 is 11.8 Å². The Morgan fingerprint density at radius 2 is 2.09 bits per heavy atom. The Labute approximate surface area is 131 Å². The Morgan fingerprint density at radius 1 is 1.41 bits per heavy atom. The minimum atomic E-state index is -0.940. The predicted molar refractivity (Wildman–Crippen MR) is 83.8 cm³/mol. The van der Waals surface area contributed by atoms with Gasteiger partial charge in [0.2, 0.25) is 5.91 Å². The molecule has 0 bridgehead atoms. The standard InChI is InChI=1S/C15H17F2N3OS/c1-4-20(7-9(2)3)14(21)8-22-15-18-12-5-10(16)11(17)6-13(12)19-15/h5-6H,2,4,7-8H2,1,3H3,(H,18,19). The van der Waals surface area contributed by atoms with Gasteiger partial charge in [-0.3, -0.25) is 4.79 Å². The summed E-state index contributed by atoms with van der Waals surface area (Å²) in [5.74, 6) is -1.70. The maximum Gasteiger partial charge on any atom is 0.233 e. The number of fused-ring (bicyclic) bond motifs is 1. The quantitative estimate of drug-likeness (QED) is 0.654. The zero-order valence-corrected chi connectivity index (χ0v) is 13.3. The van der Waals surface area contributed by atoms with Crippen molar-refractivity contribution in [3.8, 4) is 0 Å². The second-order valence-electron chi connectivity index (χ2n) is 4.98. The van der Waals surface area contributed by atoms with Crippen LogP contribution in [-0.4, -0.2) is 39.6 Å². The van der Waals surface area contributed by atoms with E-state index >= 15 is 0 Å². The number of thioether (sulfide) groups is 1. The number of carbonyl (C=O) groups excluding carboxylic acids is 1. The molecular formula is C15H17F2N3OS. The Morgan fingerprint density at radius 3 is 2.73 bits per heavy atom. The summed E-state index contributed by atoms with van der Waals surface area (Å²) in [6, 6.07) is 2.09. The number of aromatic amines is 1. The van der Waals surface area contributed by atoms with Crippen LogP contribution in [0.4, 0.5) is 8.78 Å². The second kappa shape index (κ2) is 6.91. The lowest BCUT2D eigenvalue weighted by Crippen LogP contribution is -2.33. The largest absolute Gasteiger partial charge is 0.338 e. The fourth-order valence-corrected chi connectivity index (χ4v) is 2.76. The molecule has 118 valence electrons. The number of nitrogens with zero attached hydrogens (tertiary/aromatic N) is 2. The molecule has 0 saturated heterocycles. The molecule has 0 aliphatic heterocycles. The molecule has 0 atom stereocenters. The highest BCUT2D eigenvalue weighted by Crippen LogP contribution is 2.22. The van der Waals surface area contributed by atoms with Crippen LogP contribution < -0.4 is 0 Å². The molecule has 0 saturated carbocycles. The van der Waals surface area contributed by atoms with Crippen LogP contribution in [0.1, 0.15) is 13.8 Å². The molecule has 22 heavy (non-hydrogen) atoms. The minimum Gasteiger partial charge on any atom is -0.338 e. The second-order valence-corrected chi connectivity index (χ2v) is 5.94. The highest BCUT2D eigenvalue weighted by Gasteiger charge is 2.14. The predicted octanol–water partition coefficient (Wildman–Crippen LogP) is 3.36. The van der Waals surface area contributed by atoms with E-state index in [9.17, 15) is 13.6 Å². The molecule has 1 heterocycles. The van der Waals surface area contributed by atoms with Gasteiger partial charge in [0.1, 0.15) is 0 Å². The lowest BCUT2D eigenvalue weighted by atomic mass is 10.3. The first-order valence-corrected chi connectivity index (χ1v) is 7.79. The van der Waals surface area contributed by atoms with Crippen molar-refractivity contribution >= 4 is 28.7 Å². The van der Waals surface area contributed by atoms with E-state index in [-0.39, 0.29) is 11.7 Å². The fourth-order valence-electron chi connectivity index (χ4n) is 1.97. The zero-order valence-electron chi connectivity index (χ0n) is 12.4. The minimum absolute atomic E-state index is 0.0340. The van der Waals surface area contributed by atoms with Crippen LogP contribution in [-0.2, 0) is 4.79 Å². The maximum absolute atomic E-state index is 13.1. The highest BCUT2D eigenvalue weighted by atomic mass is 32.2. The lowest BCUT2D eigenvalue weighted by Gasteiger charge is -2.20. The number of imidazole rings is 1. The number of amides is 1. The van der Waals surface area contributed by atoms with Crippen molar-refractivity contribution < 1.29 is 13.6 Å².